The third-order valence-corrected chi connectivity index (χ3v) is 2.04. The van der Waals surface area contributed by atoms with Gasteiger partial charge in [-0.2, -0.15) is 0 Å². The topological polar surface area (TPSA) is 65.0 Å². The van der Waals surface area contributed by atoms with Crippen molar-refractivity contribution in [2.45, 2.75) is 25.8 Å². The Labute approximate surface area is 94.1 Å². The maximum Gasteiger partial charge on any atom is 0.333 e. The van der Waals surface area contributed by atoms with Crippen LogP contribution >= 0.6 is 0 Å². The molecule has 16 heavy (non-hydrogen) atoms. The lowest BCUT2D eigenvalue weighted by Gasteiger charge is -2.08. The molecule has 88 valence electrons. The van der Waals surface area contributed by atoms with Crippen molar-refractivity contribution in [2.75, 3.05) is 13.2 Å². The quantitative estimate of drug-likeness (QED) is 0.396. The molecule has 0 aromatic rings. The van der Waals surface area contributed by atoms with Crippen LogP contribution in [0.1, 0.15) is 19.8 Å². The van der Waals surface area contributed by atoms with Crippen molar-refractivity contribution in [3.05, 3.63) is 12.2 Å². The summed E-state index contributed by atoms with van der Waals surface area (Å²) in [6.45, 7) is 5.10. The van der Waals surface area contributed by atoms with Crippen LogP contribution in [0, 0.1) is 0 Å². The van der Waals surface area contributed by atoms with Gasteiger partial charge in [-0.3, -0.25) is 4.99 Å². The molecule has 1 aliphatic heterocycles. The van der Waals surface area contributed by atoms with Gasteiger partial charge in [-0.1, -0.05) is 6.58 Å². The Bertz CT molecular complexity index is 322. The minimum atomic E-state index is -0.477. The molecule has 0 aromatic carbocycles. The van der Waals surface area contributed by atoms with Crippen LogP contribution in [0.4, 0.5) is 0 Å². The first-order valence-corrected chi connectivity index (χ1v) is 5.12. The summed E-state index contributed by atoms with van der Waals surface area (Å²) in [6.07, 6.45) is 3.22. The molecule has 0 saturated heterocycles. The highest BCUT2D eigenvalue weighted by Crippen LogP contribution is 2.09. The maximum atomic E-state index is 11.3. The molecule has 0 fully saturated rings. The smallest absolute Gasteiger partial charge is 0.333 e. The monoisotopic (exact) mass is 225 g/mol. The van der Waals surface area contributed by atoms with Crippen molar-refractivity contribution in [2.24, 2.45) is 4.99 Å². The van der Waals surface area contributed by atoms with Crippen molar-refractivity contribution in [1.29, 1.82) is 0 Å². The Hall–Kier alpha value is -1.65. The van der Waals surface area contributed by atoms with E-state index in [1.165, 1.54) is 0 Å². The molecule has 0 aromatic heterocycles. The number of hydrogen-bond acceptors (Lipinski definition) is 5. The van der Waals surface area contributed by atoms with Crippen LogP contribution in [0.3, 0.4) is 0 Å². The Morgan fingerprint density at radius 3 is 2.69 bits per heavy atom. The van der Waals surface area contributed by atoms with Gasteiger partial charge in [0.2, 0.25) is 0 Å². The summed E-state index contributed by atoms with van der Waals surface area (Å²) >= 11 is 0. The molecule has 1 heterocycles. The summed E-state index contributed by atoms with van der Waals surface area (Å²) < 4.78 is 9.66. The van der Waals surface area contributed by atoms with Gasteiger partial charge in [0.15, 0.2) is 0 Å². The fraction of sp³-hybridized carbons (Fsp3) is 0.545. The van der Waals surface area contributed by atoms with E-state index in [-0.39, 0.29) is 25.2 Å². The third kappa shape index (κ3) is 3.84. The number of aliphatic imine (C=N–C) groups is 1. The fourth-order valence-corrected chi connectivity index (χ4v) is 1.18. The van der Waals surface area contributed by atoms with E-state index in [4.69, 9.17) is 9.47 Å². The first-order valence-electron chi connectivity index (χ1n) is 5.12. The fourth-order valence-electron chi connectivity index (χ4n) is 1.18. The largest absolute Gasteiger partial charge is 0.460 e. The second-order valence-corrected chi connectivity index (χ2v) is 3.51. The van der Waals surface area contributed by atoms with Gasteiger partial charge in [-0.25, -0.2) is 9.59 Å². The number of carbonyl (C=O) groups is 2. The van der Waals surface area contributed by atoms with Crippen molar-refractivity contribution in [3.63, 3.8) is 0 Å². The van der Waals surface area contributed by atoms with E-state index in [1.54, 1.807) is 13.1 Å². The van der Waals surface area contributed by atoms with E-state index < -0.39 is 5.97 Å². The number of nitrogens with zero attached hydrogens (tertiary/aromatic N) is 1. The lowest BCUT2D eigenvalue weighted by molar-refractivity contribution is -0.151. The van der Waals surface area contributed by atoms with Gasteiger partial charge in [0.1, 0.15) is 19.3 Å². The average molecular weight is 225 g/mol. The molecule has 0 N–H and O–H groups in total. The molecule has 0 bridgehead atoms. The Morgan fingerprint density at radius 2 is 2.12 bits per heavy atom. The number of carbonyl (C=O) groups excluding carboxylic acids is 2. The number of esters is 2. The Balaban J connectivity index is 2.11. The minimum absolute atomic E-state index is 0.0495. The van der Waals surface area contributed by atoms with Gasteiger partial charge < -0.3 is 9.47 Å². The highest BCUT2D eigenvalue weighted by Gasteiger charge is 2.20. The maximum absolute atomic E-state index is 11.3. The van der Waals surface area contributed by atoms with Crippen LogP contribution in [0.5, 0.6) is 0 Å². The summed E-state index contributed by atoms with van der Waals surface area (Å²) in [5.41, 5.74) is 0.326. The number of hydrogen-bond donors (Lipinski definition) is 0. The van der Waals surface area contributed by atoms with E-state index in [1.807, 2.05) is 0 Å². The summed E-state index contributed by atoms with van der Waals surface area (Å²) in [5.74, 6) is -0.838. The number of ether oxygens (including phenoxy) is 2. The summed E-state index contributed by atoms with van der Waals surface area (Å²) in [5, 5.41) is 0. The van der Waals surface area contributed by atoms with E-state index in [0.717, 1.165) is 6.42 Å². The van der Waals surface area contributed by atoms with Crippen molar-refractivity contribution in [3.8, 4) is 0 Å². The zero-order valence-corrected chi connectivity index (χ0v) is 9.27. The van der Waals surface area contributed by atoms with Gasteiger partial charge in [0.05, 0.1) is 0 Å². The molecule has 0 spiro atoms. The highest BCUT2D eigenvalue weighted by atomic mass is 16.6. The molecule has 5 nitrogen and oxygen atoms in total. The first kappa shape index (κ1) is 12.4. The third-order valence-electron chi connectivity index (χ3n) is 2.04. The lowest BCUT2D eigenvalue weighted by atomic mass is 10.2. The average Bonchev–Trinajstić information content (AvgIpc) is 2.76. The molecule has 0 radical (unpaired) electrons. The standard InChI is InChI=1S/C11H15NO4/c1-8(2)10(13)15-6-7-16-11(14)9-4-3-5-12-9/h5,9H,1,3-4,6-7H2,2H3. The zero-order chi connectivity index (χ0) is 12.0. The van der Waals surface area contributed by atoms with Crippen LogP contribution in [-0.4, -0.2) is 37.4 Å². The number of rotatable bonds is 5. The van der Waals surface area contributed by atoms with Crippen LogP contribution in [-0.2, 0) is 19.1 Å². The van der Waals surface area contributed by atoms with E-state index in [9.17, 15) is 9.59 Å². The molecule has 1 rings (SSSR count). The molecular weight excluding hydrogens is 210 g/mol. The van der Waals surface area contributed by atoms with Gasteiger partial charge in [-0.05, 0) is 26.0 Å². The molecule has 0 amide bonds. The molecule has 1 atom stereocenters. The minimum Gasteiger partial charge on any atom is -0.460 e. The second-order valence-electron chi connectivity index (χ2n) is 3.51. The lowest BCUT2D eigenvalue weighted by Crippen LogP contribution is -2.22. The SMILES string of the molecule is C=C(C)C(=O)OCCOC(=O)C1CCC=N1. The van der Waals surface area contributed by atoms with Gasteiger partial charge in [0.25, 0.3) is 0 Å². The molecule has 0 aliphatic carbocycles. The van der Waals surface area contributed by atoms with Gasteiger partial charge in [-0.15, -0.1) is 0 Å². The van der Waals surface area contributed by atoms with Crippen LogP contribution in [0.25, 0.3) is 0 Å². The Morgan fingerprint density at radius 1 is 1.44 bits per heavy atom. The van der Waals surface area contributed by atoms with E-state index >= 15 is 0 Å². The molecule has 1 unspecified atom stereocenters. The Kier molecular flexibility index (Phi) is 4.69. The second kappa shape index (κ2) is 6.05. The van der Waals surface area contributed by atoms with Crippen molar-refractivity contribution in [1.82, 2.24) is 0 Å². The predicted molar refractivity (Wildman–Crippen MR) is 58.2 cm³/mol. The molecule has 0 saturated carbocycles. The van der Waals surface area contributed by atoms with Crippen LogP contribution in [0.15, 0.2) is 17.1 Å². The summed E-state index contributed by atoms with van der Waals surface area (Å²) in [4.78, 5) is 26.2. The zero-order valence-electron chi connectivity index (χ0n) is 9.27. The highest BCUT2D eigenvalue weighted by molar-refractivity contribution is 5.86. The van der Waals surface area contributed by atoms with Crippen molar-refractivity contribution >= 4 is 18.2 Å². The molecule has 5 heteroatoms. The predicted octanol–water partition coefficient (Wildman–Crippen LogP) is 0.882. The molecule has 1 aliphatic rings. The van der Waals surface area contributed by atoms with Gasteiger partial charge in [0, 0.05) is 5.57 Å². The molecular formula is C11H15NO4. The van der Waals surface area contributed by atoms with Crippen LogP contribution in [0.2, 0.25) is 0 Å². The first-order chi connectivity index (χ1) is 7.61. The van der Waals surface area contributed by atoms with E-state index in [0.29, 0.717) is 12.0 Å². The van der Waals surface area contributed by atoms with Gasteiger partial charge >= 0.3 is 11.9 Å². The summed E-state index contributed by atoms with van der Waals surface area (Å²) in [6, 6.07) is -0.378. The normalized spacial score (nSPS) is 18.2. The van der Waals surface area contributed by atoms with E-state index in [2.05, 4.69) is 11.6 Å². The van der Waals surface area contributed by atoms with Crippen LogP contribution < -0.4 is 0 Å². The van der Waals surface area contributed by atoms with Crippen molar-refractivity contribution < 1.29 is 19.1 Å². The summed E-state index contributed by atoms with van der Waals surface area (Å²) in [7, 11) is 0.